The summed E-state index contributed by atoms with van der Waals surface area (Å²) < 4.78 is 5.44. The van der Waals surface area contributed by atoms with E-state index in [9.17, 15) is 19.2 Å². The summed E-state index contributed by atoms with van der Waals surface area (Å²) in [7, 11) is 0. The van der Waals surface area contributed by atoms with E-state index in [0.717, 1.165) is 5.56 Å². The predicted molar refractivity (Wildman–Crippen MR) is 139 cm³/mol. The predicted octanol–water partition coefficient (Wildman–Crippen LogP) is 2.28. The Balaban J connectivity index is 2.89. The maximum atomic E-state index is 13.2. The van der Waals surface area contributed by atoms with Crippen LogP contribution in [0.3, 0.4) is 0 Å². The Bertz CT molecular complexity index is 857. The highest BCUT2D eigenvalue weighted by atomic mass is 16.5. The number of benzene rings is 1. The van der Waals surface area contributed by atoms with Gasteiger partial charge in [-0.2, -0.15) is 0 Å². The van der Waals surface area contributed by atoms with Crippen LogP contribution in [0.15, 0.2) is 30.3 Å². The average Bonchev–Trinajstić information content (AvgIpc) is 2.82. The topological polar surface area (TPSA) is 140 Å². The smallest absolute Gasteiger partial charge is 0.329 e. The van der Waals surface area contributed by atoms with E-state index in [1.807, 2.05) is 71.9 Å². The maximum absolute atomic E-state index is 13.2. The van der Waals surface area contributed by atoms with Crippen molar-refractivity contribution in [2.45, 2.75) is 92.1 Å². The first kappa shape index (κ1) is 31.1. The van der Waals surface area contributed by atoms with Crippen LogP contribution < -0.4 is 21.7 Å². The molecule has 0 unspecified atom stereocenters. The van der Waals surface area contributed by atoms with Gasteiger partial charge in [0.2, 0.25) is 17.7 Å². The standard InChI is InChI=1S/C27H44N4O5/c1-8-20(29-26(34)22(28)17(4)5)24(32)30-21(14-16(2)3)25(33)31-23(18(6)7)27(35)36-15-19-12-10-9-11-13-19/h9-13,16-18,20-23H,8,14-15,28H2,1-7H3,(H,29,34)(H,30,32)(H,31,33)/t20-,21+,22-,23+/m0/s1. The zero-order valence-corrected chi connectivity index (χ0v) is 22.7. The molecule has 0 saturated carbocycles. The molecule has 0 aliphatic rings. The first-order valence-corrected chi connectivity index (χ1v) is 12.7. The van der Waals surface area contributed by atoms with E-state index in [1.54, 1.807) is 6.92 Å². The van der Waals surface area contributed by atoms with Crippen molar-refractivity contribution >= 4 is 23.7 Å². The van der Waals surface area contributed by atoms with Crippen molar-refractivity contribution in [3.05, 3.63) is 35.9 Å². The van der Waals surface area contributed by atoms with Crippen LogP contribution >= 0.6 is 0 Å². The Labute approximate surface area is 215 Å². The monoisotopic (exact) mass is 504 g/mol. The summed E-state index contributed by atoms with van der Waals surface area (Å²) in [5, 5.41) is 8.19. The Morgan fingerprint density at radius 1 is 0.806 bits per heavy atom. The first-order chi connectivity index (χ1) is 16.9. The number of carbonyl (C=O) groups excluding carboxylic acids is 4. The summed E-state index contributed by atoms with van der Waals surface area (Å²) in [6.45, 7) is 13.0. The molecule has 202 valence electrons. The number of hydrogen-bond donors (Lipinski definition) is 4. The average molecular weight is 505 g/mol. The lowest BCUT2D eigenvalue weighted by Crippen LogP contribution is -2.58. The molecule has 0 bridgehead atoms. The molecule has 0 aliphatic carbocycles. The van der Waals surface area contributed by atoms with Crippen LogP contribution in [0.1, 0.15) is 66.9 Å². The molecule has 3 amide bonds. The van der Waals surface area contributed by atoms with Crippen molar-refractivity contribution in [1.82, 2.24) is 16.0 Å². The largest absolute Gasteiger partial charge is 0.459 e. The maximum Gasteiger partial charge on any atom is 0.329 e. The Kier molecular flexibility index (Phi) is 13.2. The third-order valence-electron chi connectivity index (χ3n) is 5.84. The number of carbonyl (C=O) groups is 4. The third-order valence-corrected chi connectivity index (χ3v) is 5.84. The normalized spacial score (nSPS) is 14.6. The van der Waals surface area contributed by atoms with Gasteiger partial charge in [0.25, 0.3) is 0 Å². The number of ether oxygens (including phenoxy) is 1. The SMILES string of the molecule is CC[C@H](NC(=O)[C@@H](N)C(C)C)C(=O)N[C@H](CC(C)C)C(=O)N[C@@H](C(=O)OCc1ccccc1)C(C)C. The molecule has 0 spiro atoms. The van der Waals surface area contributed by atoms with Crippen molar-refractivity contribution in [2.24, 2.45) is 23.5 Å². The van der Waals surface area contributed by atoms with E-state index in [4.69, 9.17) is 10.5 Å². The van der Waals surface area contributed by atoms with E-state index in [1.165, 1.54) is 0 Å². The van der Waals surface area contributed by atoms with Gasteiger partial charge in [-0.1, -0.05) is 78.8 Å². The quantitative estimate of drug-likeness (QED) is 0.287. The highest BCUT2D eigenvalue weighted by molar-refractivity contribution is 5.94. The molecule has 0 aliphatic heterocycles. The molecule has 9 heteroatoms. The lowest BCUT2D eigenvalue weighted by molar-refractivity contribution is -0.150. The number of amides is 3. The van der Waals surface area contributed by atoms with Gasteiger partial charge in [-0.05, 0) is 36.2 Å². The molecule has 0 aromatic heterocycles. The van der Waals surface area contributed by atoms with Crippen LogP contribution in [0, 0.1) is 17.8 Å². The van der Waals surface area contributed by atoms with Gasteiger partial charge in [0.05, 0.1) is 6.04 Å². The molecule has 36 heavy (non-hydrogen) atoms. The van der Waals surface area contributed by atoms with Gasteiger partial charge in [0.15, 0.2) is 0 Å². The fourth-order valence-electron chi connectivity index (χ4n) is 3.47. The fraction of sp³-hybridized carbons (Fsp3) is 0.630. The van der Waals surface area contributed by atoms with Gasteiger partial charge in [0.1, 0.15) is 24.7 Å². The summed E-state index contributed by atoms with van der Waals surface area (Å²) in [6.07, 6.45) is 0.691. The zero-order valence-electron chi connectivity index (χ0n) is 22.7. The van der Waals surface area contributed by atoms with Crippen molar-refractivity contribution < 1.29 is 23.9 Å². The molecule has 4 atom stereocenters. The second-order valence-corrected chi connectivity index (χ2v) is 10.3. The summed E-state index contributed by atoms with van der Waals surface area (Å²) in [5.41, 5.74) is 6.74. The molecule has 1 aromatic carbocycles. The summed E-state index contributed by atoms with van der Waals surface area (Å²) in [5.74, 6) is -2.14. The minimum atomic E-state index is -0.884. The molecule has 9 nitrogen and oxygen atoms in total. The van der Waals surface area contributed by atoms with Crippen molar-refractivity contribution in [3.63, 3.8) is 0 Å². The molecule has 0 radical (unpaired) electrons. The minimum absolute atomic E-state index is 0.0837. The van der Waals surface area contributed by atoms with Gasteiger partial charge in [-0.3, -0.25) is 14.4 Å². The lowest BCUT2D eigenvalue weighted by Gasteiger charge is -2.27. The summed E-state index contributed by atoms with van der Waals surface area (Å²) in [4.78, 5) is 51.3. The summed E-state index contributed by atoms with van der Waals surface area (Å²) >= 11 is 0. The lowest BCUT2D eigenvalue weighted by atomic mass is 9.99. The van der Waals surface area contributed by atoms with Crippen molar-refractivity contribution in [2.75, 3.05) is 0 Å². The minimum Gasteiger partial charge on any atom is -0.459 e. The second-order valence-electron chi connectivity index (χ2n) is 10.3. The van der Waals surface area contributed by atoms with Crippen LogP contribution in [0.2, 0.25) is 0 Å². The van der Waals surface area contributed by atoms with Crippen molar-refractivity contribution in [3.8, 4) is 0 Å². The fourth-order valence-corrected chi connectivity index (χ4v) is 3.47. The van der Waals surface area contributed by atoms with Crippen LogP contribution in [-0.2, 0) is 30.5 Å². The number of rotatable bonds is 14. The number of esters is 1. The first-order valence-electron chi connectivity index (χ1n) is 12.7. The van der Waals surface area contributed by atoms with E-state index >= 15 is 0 Å². The van der Waals surface area contributed by atoms with Gasteiger partial charge in [-0.25, -0.2) is 4.79 Å². The van der Waals surface area contributed by atoms with Crippen LogP contribution in [0.5, 0.6) is 0 Å². The Hall–Kier alpha value is -2.94. The Morgan fingerprint density at radius 3 is 1.86 bits per heavy atom. The van der Waals surface area contributed by atoms with Crippen LogP contribution in [0.4, 0.5) is 0 Å². The van der Waals surface area contributed by atoms with Gasteiger partial charge >= 0.3 is 5.97 Å². The molecule has 0 saturated heterocycles. The molecule has 1 rings (SSSR count). The van der Waals surface area contributed by atoms with E-state index in [2.05, 4.69) is 16.0 Å². The molecule has 0 heterocycles. The molecular weight excluding hydrogens is 460 g/mol. The molecular formula is C27H44N4O5. The zero-order chi connectivity index (χ0) is 27.4. The van der Waals surface area contributed by atoms with E-state index < -0.39 is 47.9 Å². The number of hydrogen-bond acceptors (Lipinski definition) is 6. The Morgan fingerprint density at radius 2 is 1.36 bits per heavy atom. The van der Waals surface area contributed by atoms with Gasteiger partial charge in [0, 0.05) is 0 Å². The second kappa shape index (κ2) is 15.2. The third kappa shape index (κ3) is 10.4. The number of nitrogens with two attached hydrogens (primary N) is 1. The highest BCUT2D eigenvalue weighted by Crippen LogP contribution is 2.11. The molecule has 1 aromatic rings. The highest BCUT2D eigenvalue weighted by Gasteiger charge is 2.32. The molecule has 0 fully saturated rings. The van der Waals surface area contributed by atoms with Gasteiger partial charge < -0.3 is 26.4 Å². The van der Waals surface area contributed by atoms with Gasteiger partial charge in [-0.15, -0.1) is 0 Å². The van der Waals surface area contributed by atoms with Crippen LogP contribution in [-0.4, -0.2) is 47.9 Å². The number of nitrogens with one attached hydrogen (secondary N) is 3. The van der Waals surface area contributed by atoms with E-state index in [-0.39, 0.29) is 24.4 Å². The van der Waals surface area contributed by atoms with E-state index in [0.29, 0.717) is 12.8 Å². The van der Waals surface area contributed by atoms with Crippen LogP contribution in [0.25, 0.3) is 0 Å². The summed E-state index contributed by atoms with van der Waals surface area (Å²) in [6, 6.07) is 5.95. The molecule has 5 N–H and O–H groups in total. The van der Waals surface area contributed by atoms with Crippen molar-refractivity contribution in [1.29, 1.82) is 0 Å².